The zero-order chi connectivity index (χ0) is 32.5. The van der Waals surface area contributed by atoms with E-state index in [1.807, 2.05) is 30.3 Å². The smallest absolute Gasteiger partial charge is 0.323 e. The van der Waals surface area contributed by atoms with E-state index in [0.29, 0.717) is 66.4 Å². The maximum Gasteiger partial charge on any atom is 0.323 e. The molecule has 2 fully saturated rings. The number of hydrogen-bond donors (Lipinski definition) is 3. The molecular formula is C35H39ClN4O6. The number of ether oxygens (including phenoxy) is 2. The Morgan fingerprint density at radius 1 is 0.848 bits per heavy atom. The zero-order valence-electron chi connectivity index (χ0n) is 25.8. The molecule has 1 aliphatic heterocycles. The first-order valence-corrected chi connectivity index (χ1v) is 16.0. The summed E-state index contributed by atoms with van der Waals surface area (Å²) in [4.78, 5) is 53.4. The SMILES string of the molecule is COc1cc(CC(=O)N2CCCC2C(=O)NC2CCC(C(=O)OCc3ccccc3)CC2)ccc1NC(=O)Nc1ccccc1Cl. The topological polar surface area (TPSA) is 126 Å². The number of anilines is 2. The van der Waals surface area contributed by atoms with Crippen molar-refractivity contribution in [1.82, 2.24) is 10.2 Å². The Bertz CT molecular complexity index is 1540. The van der Waals surface area contributed by atoms with Gasteiger partial charge in [0.15, 0.2) is 0 Å². The van der Waals surface area contributed by atoms with E-state index in [9.17, 15) is 19.2 Å². The summed E-state index contributed by atoms with van der Waals surface area (Å²) in [6, 6.07) is 20.6. The lowest BCUT2D eigenvalue weighted by molar-refractivity contribution is -0.151. The van der Waals surface area contributed by atoms with Crippen LogP contribution in [0.1, 0.15) is 49.7 Å². The number of para-hydroxylation sites is 1. The maximum absolute atomic E-state index is 13.4. The molecule has 3 aromatic rings. The van der Waals surface area contributed by atoms with Gasteiger partial charge in [-0.25, -0.2) is 4.79 Å². The molecule has 10 nitrogen and oxygen atoms in total. The van der Waals surface area contributed by atoms with E-state index in [2.05, 4.69) is 16.0 Å². The quantitative estimate of drug-likeness (QED) is 0.234. The van der Waals surface area contributed by atoms with Crippen molar-refractivity contribution in [3.63, 3.8) is 0 Å². The zero-order valence-corrected chi connectivity index (χ0v) is 26.6. The number of amides is 4. The first-order valence-electron chi connectivity index (χ1n) is 15.6. The van der Waals surface area contributed by atoms with Crippen LogP contribution in [-0.2, 0) is 32.1 Å². The van der Waals surface area contributed by atoms with Gasteiger partial charge in [0.25, 0.3) is 0 Å². The van der Waals surface area contributed by atoms with Gasteiger partial charge in [-0.05, 0) is 73.9 Å². The maximum atomic E-state index is 13.4. The lowest BCUT2D eigenvalue weighted by Crippen LogP contribution is -2.50. The average Bonchev–Trinajstić information content (AvgIpc) is 3.57. The first kappa shape index (κ1) is 32.8. The minimum Gasteiger partial charge on any atom is -0.495 e. The van der Waals surface area contributed by atoms with Crippen LogP contribution in [0, 0.1) is 5.92 Å². The molecule has 3 aromatic carbocycles. The summed E-state index contributed by atoms with van der Waals surface area (Å²) in [5.74, 6) is -0.266. The molecule has 4 amide bonds. The lowest BCUT2D eigenvalue weighted by atomic mass is 9.86. The number of hydrogen-bond acceptors (Lipinski definition) is 6. The number of likely N-dealkylation sites (tertiary alicyclic amines) is 1. The molecule has 3 N–H and O–H groups in total. The molecule has 46 heavy (non-hydrogen) atoms. The third-order valence-corrected chi connectivity index (χ3v) is 8.83. The van der Waals surface area contributed by atoms with Crippen LogP contribution in [0.15, 0.2) is 72.8 Å². The molecule has 11 heteroatoms. The van der Waals surface area contributed by atoms with Crippen LogP contribution in [0.5, 0.6) is 5.75 Å². The van der Waals surface area contributed by atoms with Gasteiger partial charge in [0.1, 0.15) is 18.4 Å². The van der Waals surface area contributed by atoms with Crippen molar-refractivity contribution in [3.05, 3.63) is 88.9 Å². The molecule has 0 radical (unpaired) electrons. The molecule has 0 aromatic heterocycles. The molecule has 0 spiro atoms. The summed E-state index contributed by atoms with van der Waals surface area (Å²) in [6.45, 7) is 0.771. The van der Waals surface area contributed by atoms with Crippen LogP contribution in [0.4, 0.5) is 16.2 Å². The number of carbonyl (C=O) groups is 4. The van der Waals surface area contributed by atoms with E-state index in [0.717, 1.165) is 12.0 Å². The molecule has 5 rings (SSSR count). The van der Waals surface area contributed by atoms with E-state index < -0.39 is 12.1 Å². The highest BCUT2D eigenvalue weighted by atomic mass is 35.5. The normalized spacial score (nSPS) is 19.2. The van der Waals surface area contributed by atoms with Crippen molar-refractivity contribution in [2.24, 2.45) is 5.92 Å². The minimum absolute atomic E-state index is 0.0392. The molecule has 1 unspecified atom stereocenters. The highest BCUT2D eigenvalue weighted by Crippen LogP contribution is 2.29. The van der Waals surface area contributed by atoms with E-state index in [4.69, 9.17) is 21.1 Å². The minimum atomic E-state index is -0.530. The highest BCUT2D eigenvalue weighted by molar-refractivity contribution is 6.33. The fourth-order valence-corrected chi connectivity index (χ4v) is 6.20. The van der Waals surface area contributed by atoms with Gasteiger partial charge < -0.3 is 30.3 Å². The van der Waals surface area contributed by atoms with Crippen LogP contribution in [0.25, 0.3) is 0 Å². The van der Waals surface area contributed by atoms with E-state index >= 15 is 0 Å². The molecular weight excluding hydrogens is 608 g/mol. The molecule has 1 aliphatic carbocycles. The van der Waals surface area contributed by atoms with Gasteiger partial charge in [0.05, 0.1) is 35.8 Å². The molecule has 2 aliphatic rings. The number of rotatable bonds is 10. The number of urea groups is 1. The first-order chi connectivity index (χ1) is 22.3. The number of benzene rings is 3. The van der Waals surface area contributed by atoms with Gasteiger partial charge in [-0.3, -0.25) is 14.4 Å². The molecule has 1 heterocycles. The second-order valence-electron chi connectivity index (χ2n) is 11.7. The Labute approximate surface area is 273 Å². The molecule has 242 valence electrons. The summed E-state index contributed by atoms with van der Waals surface area (Å²) >= 11 is 6.13. The number of halogens is 1. The van der Waals surface area contributed by atoms with Gasteiger partial charge in [-0.2, -0.15) is 0 Å². The Kier molecular flexibility index (Phi) is 11.1. The van der Waals surface area contributed by atoms with Crippen molar-refractivity contribution in [3.8, 4) is 5.75 Å². The van der Waals surface area contributed by atoms with Gasteiger partial charge >= 0.3 is 12.0 Å². The number of nitrogens with one attached hydrogen (secondary N) is 3. The second kappa shape index (κ2) is 15.6. The van der Waals surface area contributed by atoms with Crippen LogP contribution in [0.3, 0.4) is 0 Å². The van der Waals surface area contributed by atoms with Crippen LogP contribution >= 0.6 is 11.6 Å². The van der Waals surface area contributed by atoms with E-state index in [1.165, 1.54) is 7.11 Å². The van der Waals surface area contributed by atoms with Crippen molar-refractivity contribution in [1.29, 1.82) is 0 Å². The fraction of sp³-hybridized carbons (Fsp3) is 0.371. The average molecular weight is 647 g/mol. The lowest BCUT2D eigenvalue weighted by Gasteiger charge is -2.30. The van der Waals surface area contributed by atoms with Crippen molar-refractivity contribution < 1.29 is 28.7 Å². The summed E-state index contributed by atoms with van der Waals surface area (Å²) < 4.78 is 11.0. The van der Waals surface area contributed by atoms with Gasteiger partial charge in [-0.1, -0.05) is 60.1 Å². The molecule has 1 atom stereocenters. The van der Waals surface area contributed by atoms with Crippen molar-refractivity contribution in [2.45, 2.75) is 63.6 Å². The van der Waals surface area contributed by atoms with Gasteiger partial charge in [0.2, 0.25) is 11.8 Å². The number of esters is 1. The Hall–Kier alpha value is -4.57. The Balaban J connectivity index is 1.10. The predicted molar refractivity (Wildman–Crippen MR) is 176 cm³/mol. The summed E-state index contributed by atoms with van der Waals surface area (Å²) in [7, 11) is 1.49. The second-order valence-corrected chi connectivity index (χ2v) is 12.1. The summed E-state index contributed by atoms with van der Waals surface area (Å²) in [5.41, 5.74) is 2.55. The van der Waals surface area contributed by atoms with Gasteiger partial charge in [0, 0.05) is 12.6 Å². The highest BCUT2D eigenvalue weighted by Gasteiger charge is 2.36. The third-order valence-electron chi connectivity index (χ3n) is 8.50. The fourth-order valence-electron chi connectivity index (χ4n) is 6.02. The van der Waals surface area contributed by atoms with Crippen molar-refractivity contribution >= 4 is 46.8 Å². The number of nitrogens with zero attached hydrogens (tertiary/aromatic N) is 1. The standard InChI is InChI=1S/C35H39ClN4O6/c1-45-31-20-24(13-18-29(31)39-35(44)38-28-11-6-5-10-27(28)36)21-32(41)40-19-7-12-30(40)33(42)37-26-16-14-25(15-17-26)34(43)46-22-23-8-3-2-4-9-23/h2-6,8-11,13,18,20,25-26,30H,7,12,14-17,19,21-22H2,1H3,(H,37,42)(H2,38,39,44). The monoisotopic (exact) mass is 646 g/mol. The number of carbonyl (C=O) groups excluding carboxylic acids is 4. The van der Waals surface area contributed by atoms with Crippen LogP contribution in [0.2, 0.25) is 5.02 Å². The summed E-state index contributed by atoms with van der Waals surface area (Å²) in [6.07, 6.45) is 4.12. The molecule has 1 saturated carbocycles. The Morgan fingerprint density at radius 2 is 1.57 bits per heavy atom. The largest absolute Gasteiger partial charge is 0.495 e. The van der Waals surface area contributed by atoms with Crippen LogP contribution < -0.4 is 20.7 Å². The van der Waals surface area contributed by atoms with Crippen LogP contribution in [-0.4, -0.2) is 54.5 Å². The molecule has 0 bridgehead atoms. The number of methoxy groups -OCH3 is 1. The van der Waals surface area contributed by atoms with Crippen molar-refractivity contribution in [2.75, 3.05) is 24.3 Å². The third kappa shape index (κ3) is 8.57. The predicted octanol–water partition coefficient (Wildman–Crippen LogP) is 5.94. The van der Waals surface area contributed by atoms with E-state index in [-0.39, 0.29) is 42.8 Å². The van der Waals surface area contributed by atoms with E-state index in [1.54, 1.807) is 47.4 Å². The van der Waals surface area contributed by atoms with Gasteiger partial charge in [-0.15, -0.1) is 0 Å². The summed E-state index contributed by atoms with van der Waals surface area (Å²) in [5, 5.41) is 8.99. The Morgan fingerprint density at radius 3 is 2.30 bits per heavy atom. The molecule has 1 saturated heterocycles.